The fourth-order valence-electron chi connectivity index (χ4n) is 5.79. The van der Waals surface area contributed by atoms with Gasteiger partial charge in [-0.05, 0) is 48.9 Å². The van der Waals surface area contributed by atoms with Crippen LogP contribution in [0, 0.1) is 11.7 Å². The number of methoxy groups -OCH3 is 1. The predicted molar refractivity (Wildman–Crippen MR) is 156 cm³/mol. The lowest BCUT2D eigenvalue weighted by Gasteiger charge is -2.16. The van der Waals surface area contributed by atoms with Gasteiger partial charge in [-0.25, -0.2) is 4.39 Å². The minimum Gasteiger partial charge on any atom is -0.496 e. The first-order valence-corrected chi connectivity index (χ1v) is 14.4. The van der Waals surface area contributed by atoms with Crippen LogP contribution in [-0.2, 0) is 15.8 Å². The maximum absolute atomic E-state index is 13.9. The van der Waals surface area contributed by atoms with Crippen LogP contribution in [0.3, 0.4) is 0 Å². The normalized spacial score (nSPS) is 20.2. The third-order valence-electron chi connectivity index (χ3n) is 7.95. The number of aliphatic hydroxyl groups is 1. The summed E-state index contributed by atoms with van der Waals surface area (Å²) >= 11 is 0. The number of anilines is 2. The molecule has 0 aromatic heterocycles. The Morgan fingerprint density at radius 3 is 2.39 bits per heavy atom. The lowest BCUT2D eigenvalue weighted by atomic mass is 9.93. The molecular weight excluding hydrogens is 670 g/mol. The topological polar surface area (TPSA) is 157 Å². The summed E-state index contributed by atoms with van der Waals surface area (Å²) < 4.78 is 95.6. The molecule has 3 atom stereocenters. The molecule has 6 rings (SSSR count). The van der Waals surface area contributed by atoms with E-state index in [9.17, 15) is 40.7 Å². The highest BCUT2D eigenvalue weighted by atomic mass is 19.4. The van der Waals surface area contributed by atoms with Crippen molar-refractivity contribution >= 4 is 34.8 Å². The van der Waals surface area contributed by atoms with Crippen LogP contribution < -0.4 is 30.2 Å². The van der Waals surface area contributed by atoms with E-state index in [0.29, 0.717) is 36.2 Å². The fourth-order valence-corrected chi connectivity index (χ4v) is 5.79. The highest BCUT2D eigenvalue weighted by Gasteiger charge is 2.45. The van der Waals surface area contributed by atoms with Gasteiger partial charge in [-0.15, -0.1) is 8.78 Å². The third kappa shape index (κ3) is 6.76. The molecule has 0 spiro atoms. The Kier molecular flexibility index (Phi) is 8.51. The van der Waals surface area contributed by atoms with E-state index < -0.39 is 76.6 Å². The number of halogens is 6. The molecule has 1 saturated carbocycles. The Bertz CT molecular complexity index is 1890. The zero-order chi connectivity index (χ0) is 35.2. The van der Waals surface area contributed by atoms with Crippen LogP contribution >= 0.6 is 0 Å². The third-order valence-corrected chi connectivity index (χ3v) is 7.95. The zero-order valence-corrected chi connectivity index (χ0v) is 25.0. The average molecular weight is 695 g/mol. The van der Waals surface area contributed by atoms with Crippen LogP contribution in [0.4, 0.5) is 37.7 Å². The lowest BCUT2D eigenvalue weighted by Crippen LogP contribution is -2.35. The number of alkyl halides is 5. The second-order valence-electron chi connectivity index (χ2n) is 11.1. The summed E-state index contributed by atoms with van der Waals surface area (Å²) in [5.74, 6) is -5.61. The van der Waals surface area contributed by atoms with Crippen molar-refractivity contribution in [3.8, 4) is 17.2 Å². The first kappa shape index (κ1) is 33.4. The molecule has 1 fully saturated rings. The Morgan fingerprint density at radius 2 is 1.69 bits per heavy atom. The molecule has 3 aliphatic rings. The minimum atomic E-state index is -5.09. The van der Waals surface area contributed by atoms with Gasteiger partial charge in [0, 0.05) is 35.7 Å². The van der Waals surface area contributed by atoms with Gasteiger partial charge >= 0.3 is 12.5 Å². The SMILES string of the molecule is COc1ccc(C2=NOC3CC(NC(=O)CO)CC23)cc1C(=O)Nc1cc2c(cc1C(=O)Nc1ccc(F)c(C(F)(F)F)c1)OC(F)(F)O2. The lowest BCUT2D eigenvalue weighted by molar-refractivity contribution is -0.286. The Balaban J connectivity index is 1.29. The minimum absolute atomic E-state index is 0.0566. The van der Waals surface area contributed by atoms with E-state index in [4.69, 9.17) is 14.7 Å². The van der Waals surface area contributed by atoms with Crippen molar-refractivity contribution in [2.24, 2.45) is 11.1 Å². The van der Waals surface area contributed by atoms with Gasteiger partial charge in [-0.1, -0.05) is 5.16 Å². The van der Waals surface area contributed by atoms with Gasteiger partial charge in [0.15, 0.2) is 11.5 Å². The zero-order valence-electron chi connectivity index (χ0n) is 25.0. The molecule has 2 heterocycles. The van der Waals surface area contributed by atoms with Crippen LogP contribution in [-0.4, -0.2) is 60.7 Å². The highest BCUT2D eigenvalue weighted by molar-refractivity contribution is 6.14. The van der Waals surface area contributed by atoms with Gasteiger partial charge in [0.1, 0.15) is 24.3 Å². The van der Waals surface area contributed by atoms with Crippen LogP contribution in [0.15, 0.2) is 53.7 Å². The van der Waals surface area contributed by atoms with Gasteiger partial charge in [0.25, 0.3) is 11.8 Å². The van der Waals surface area contributed by atoms with E-state index in [0.717, 1.165) is 18.2 Å². The number of fused-ring (bicyclic) bond motifs is 2. The fraction of sp³-hybridized carbons (Fsp3) is 0.290. The van der Waals surface area contributed by atoms with Gasteiger partial charge in [0.2, 0.25) is 5.91 Å². The molecule has 3 unspecified atom stereocenters. The number of aliphatic hydroxyl groups excluding tert-OH is 1. The molecule has 49 heavy (non-hydrogen) atoms. The van der Waals surface area contributed by atoms with Crippen molar-refractivity contribution in [2.75, 3.05) is 24.4 Å². The smallest absolute Gasteiger partial charge is 0.496 e. The van der Waals surface area contributed by atoms with E-state index >= 15 is 0 Å². The number of ether oxygens (including phenoxy) is 3. The van der Waals surface area contributed by atoms with Crippen molar-refractivity contribution in [1.29, 1.82) is 0 Å². The van der Waals surface area contributed by atoms with Crippen LogP contribution in [0.1, 0.15) is 44.7 Å². The monoisotopic (exact) mass is 694 g/mol. The summed E-state index contributed by atoms with van der Waals surface area (Å²) in [6.45, 7) is -0.676. The van der Waals surface area contributed by atoms with Crippen molar-refractivity contribution in [3.05, 3.63) is 76.6 Å². The molecular formula is C31H24F6N4O8. The number of hydrogen-bond donors (Lipinski definition) is 4. The molecule has 4 N–H and O–H groups in total. The second-order valence-corrected chi connectivity index (χ2v) is 11.1. The molecule has 0 radical (unpaired) electrons. The molecule has 1 aliphatic carbocycles. The van der Waals surface area contributed by atoms with Crippen molar-refractivity contribution in [3.63, 3.8) is 0 Å². The van der Waals surface area contributed by atoms with Crippen LogP contribution in [0.2, 0.25) is 0 Å². The molecule has 3 amide bonds. The Morgan fingerprint density at radius 1 is 0.980 bits per heavy atom. The molecule has 3 aromatic rings. The summed E-state index contributed by atoms with van der Waals surface area (Å²) in [4.78, 5) is 44.2. The molecule has 3 aromatic carbocycles. The molecule has 18 heteroatoms. The molecule has 12 nitrogen and oxygen atoms in total. The van der Waals surface area contributed by atoms with Crippen molar-refractivity contribution < 1.29 is 64.9 Å². The van der Waals surface area contributed by atoms with Gasteiger partial charge in [-0.3, -0.25) is 14.4 Å². The maximum atomic E-state index is 13.9. The number of oxime groups is 1. The summed E-state index contributed by atoms with van der Waals surface area (Å²) in [5, 5.41) is 20.5. The Hall–Kier alpha value is -5.52. The molecule has 0 saturated heterocycles. The second kappa shape index (κ2) is 12.5. The van der Waals surface area contributed by atoms with E-state index in [1.54, 1.807) is 6.07 Å². The summed E-state index contributed by atoms with van der Waals surface area (Å²) in [7, 11) is 1.28. The molecule has 258 valence electrons. The number of hydrogen-bond acceptors (Lipinski definition) is 9. The number of nitrogens with one attached hydrogen (secondary N) is 3. The largest absolute Gasteiger partial charge is 0.586 e. The van der Waals surface area contributed by atoms with Gasteiger partial charge in [-0.2, -0.15) is 13.2 Å². The number of amides is 3. The first-order chi connectivity index (χ1) is 23.2. The van der Waals surface area contributed by atoms with E-state index in [-0.39, 0.29) is 29.4 Å². The average Bonchev–Trinajstić information content (AvgIpc) is 3.71. The van der Waals surface area contributed by atoms with Gasteiger partial charge < -0.3 is 40.1 Å². The highest BCUT2D eigenvalue weighted by Crippen LogP contribution is 2.44. The van der Waals surface area contributed by atoms with E-state index in [1.807, 2.05) is 0 Å². The predicted octanol–water partition coefficient (Wildman–Crippen LogP) is 4.67. The first-order valence-electron chi connectivity index (χ1n) is 14.4. The Labute approximate surface area is 271 Å². The summed E-state index contributed by atoms with van der Waals surface area (Å²) in [6.07, 6.45) is -8.73. The maximum Gasteiger partial charge on any atom is 0.586 e. The van der Waals surface area contributed by atoms with Crippen molar-refractivity contribution in [2.45, 2.75) is 37.5 Å². The standard InChI is InChI=1S/C31H24F6N4O8/c1-46-22-5-2-13(27-17-7-15(38-26(43)12-42)9-23(17)49-41-27)6-18(22)29(45)40-21-11-25-24(47-31(36,37)48-25)10-16(21)28(44)39-14-3-4-20(32)19(8-14)30(33,34)35/h2-6,8,10-11,15,17,23,42H,7,9,12H2,1H3,(H,38,43)(H,39,44)(H,40,45). The van der Waals surface area contributed by atoms with Crippen LogP contribution in [0.25, 0.3) is 0 Å². The summed E-state index contributed by atoms with van der Waals surface area (Å²) in [5.41, 5.74) is -2.29. The van der Waals surface area contributed by atoms with E-state index in [2.05, 4.69) is 30.6 Å². The molecule has 0 bridgehead atoms. The summed E-state index contributed by atoms with van der Waals surface area (Å²) in [6, 6.07) is 7.53. The van der Waals surface area contributed by atoms with Gasteiger partial charge in [0.05, 0.1) is 35.2 Å². The number of rotatable bonds is 8. The number of nitrogens with zero attached hydrogens (tertiary/aromatic N) is 1. The molecule has 2 aliphatic heterocycles. The number of carbonyl (C=O) groups excluding carboxylic acids is 3. The van der Waals surface area contributed by atoms with E-state index in [1.165, 1.54) is 19.2 Å². The van der Waals surface area contributed by atoms with Crippen molar-refractivity contribution in [1.82, 2.24) is 5.32 Å². The quantitative estimate of drug-likeness (QED) is 0.248. The number of benzene rings is 3. The van der Waals surface area contributed by atoms with Crippen LogP contribution in [0.5, 0.6) is 17.2 Å². The number of carbonyl (C=O) groups is 3.